The summed E-state index contributed by atoms with van der Waals surface area (Å²) in [6.45, 7) is -0.314. The predicted molar refractivity (Wildman–Crippen MR) is 104 cm³/mol. The number of hydrogen-bond donors (Lipinski definition) is 3. The summed E-state index contributed by atoms with van der Waals surface area (Å²) >= 11 is 1.29. The highest BCUT2D eigenvalue weighted by Gasteiger charge is 2.37. The minimum absolute atomic E-state index is 0.0177. The van der Waals surface area contributed by atoms with Gasteiger partial charge in [-0.3, -0.25) is 5.32 Å². The summed E-state index contributed by atoms with van der Waals surface area (Å²) in [5, 5.41) is 15.4. The molecule has 0 bridgehead atoms. The van der Waals surface area contributed by atoms with Crippen molar-refractivity contribution in [3.63, 3.8) is 0 Å². The lowest BCUT2D eigenvalue weighted by Crippen LogP contribution is -2.40. The monoisotopic (exact) mass is 422 g/mol. The largest absolute Gasteiger partial charge is 0.466 e. The van der Waals surface area contributed by atoms with Gasteiger partial charge in [-0.1, -0.05) is 6.07 Å². The van der Waals surface area contributed by atoms with Gasteiger partial charge < -0.3 is 14.3 Å². The Balaban J connectivity index is 1.79. The summed E-state index contributed by atoms with van der Waals surface area (Å²) < 4.78 is 37.5. The predicted octanol–water partition coefficient (Wildman–Crippen LogP) is 2.73. The van der Waals surface area contributed by atoms with E-state index in [9.17, 15) is 18.3 Å². The number of rotatable bonds is 7. The van der Waals surface area contributed by atoms with Gasteiger partial charge >= 0.3 is 6.09 Å². The van der Waals surface area contributed by atoms with Crippen LogP contribution in [0.15, 0.2) is 69.5 Å². The number of aliphatic hydroxyl groups is 1. The topological polar surface area (TPSA) is 118 Å². The molecule has 3 rings (SSSR count). The van der Waals surface area contributed by atoms with E-state index >= 15 is 0 Å². The molecule has 2 aromatic heterocycles. The molecule has 8 nitrogen and oxygen atoms in total. The van der Waals surface area contributed by atoms with Crippen LogP contribution in [0.5, 0.6) is 0 Å². The van der Waals surface area contributed by atoms with Gasteiger partial charge in [0.1, 0.15) is 5.76 Å². The first kappa shape index (κ1) is 20.1. The first-order valence-electron chi connectivity index (χ1n) is 8.10. The fraction of sp³-hybridized carbons (Fsp3) is 0.167. The zero-order chi connectivity index (χ0) is 20.2. The lowest BCUT2D eigenvalue weighted by Gasteiger charge is -2.25. The van der Waals surface area contributed by atoms with Gasteiger partial charge in [0.05, 0.1) is 24.8 Å². The number of anilines is 1. The molecule has 1 aromatic carbocycles. The van der Waals surface area contributed by atoms with Crippen molar-refractivity contribution in [3.8, 4) is 0 Å². The number of carbonyl (C=O) groups is 1. The zero-order valence-electron chi connectivity index (χ0n) is 14.8. The molecule has 10 heteroatoms. The van der Waals surface area contributed by atoms with Crippen LogP contribution in [0.4, 0.5) is 10.5 Å². The van der Waals surface area contributed by atoms with E-state index in [1.807, 2.05) is 0 Å². The zero-order valence-corrected chi connectivity index (χ0v) is 16.4. The van der Waals surface area contributed by atoms with E-state index in [2.05, 4.69) is 14.8 Å². The fourth-order valence-electron chi connectivity index (χ4n) is 2.49. The highest BCUT2D eigenvalue weighted by Crippen LogP contribution is 2.33. The van der Waals surface area contributed by atoms with Crippen LogP contribution in [0, 0.1) is 0 Å². The maximum atomic E-state index is 12.6. The third kappa shape index (κ3) is 4.25. The van der Waals surface area contributed by atoms with Gasteiger partial charge in [-0.2, -0.15) is 0 Å². The Morgan fingerprint density at radius 2 is 1.96 bits per heavy atom. The minimum Gasteiger partial charge on any atom is -0.466 e. The van der Waals surface area contributed by atoms with Gasteiger partial charge in [0.15, 0.2) is 5.60 Å². The molecular weight excluding hydrogens is 404 g/mol. The maximum Gasteiger partial charge on any atom is 0.411 e. The summed E-state index contributed by atoms with van der Waals surface area (Å²) in [4.78, 5) is 11.7. The number of nitrogens with one attached hydrogen (secondary N) is 2. The molecule has 0 saturated heterocycles. The Kier molecular flexibility index (Phi) is 5.84. The van der Waals surface area contributed by atoms with Gasteiger partial charge in [-0.05, 0) is 47.8 Å². The quantitative estimate of drug-likeness (QED) is 0.539. The van der Waals surface area contributed by atoms with Crippen LogP contribution in [0.25, 0.3) is 0 Å². The second-order valence-corrected chi connectivity index (χ2v) is 8.50. The summed E-state index contributed by atoms with van der Waals surface area (Å²) in [5.41, 5.74) is -1.26. The average Bonchev–Trinajstić information content (AvgIpc) is 3.41. The van der Waals surface area contributed by atoms with Crippen molar-refractivity contribution >= 4 is 33.1 Å². The lowest BCUT2D eigenvalue weighted by atomic mass is 9.99. The highest BCUT2D eigenvalue weighted by atomic mass is 32.2. The number of ether oxygens (including phenoxy) is 1. The van der Waals surface area contributed by atoms with Crippen LogP contribution in [0.2, 0.25) is 0 Å². The normalized spacial score (nSPS) is 13.6. The van der Waals surface area contributed by atoms with Crippen molar-refractivity contribution in [2.45, 2.75) is 10.5 Å². The second kappa shape index (κ2) is 8.15. The van der Waals surface area contributed by atoms with Crippen LogP contribution in [0.1, 0.15) is 10.6 Å². The molecule has 0 saturated carbocycles. The molecule has 0 spiro atoms. The van der Waals surface area contributed by atoms with Gasteiger partial charge in [-0.15, -0.1) is 11.3 Å². The number of sulfonamides is 1. The molecule has 148 valence electrons. The fourth-order valence-corrected chi connectivity index (χ4v) is 4.38. The van der Waals surface area contributed by atoms with Crippen molar-refractivity contribution in [2.75, 3.05) is 19.0 Å². The lowest BCUT2D eigenvalue weighted by molar-refractivity contribution is 0.0655. The molecule has 0 aliphatic rings. The summed E-state index contributed by atoms with van der Waals surface area (Å²) in [6.07, 6.45) is 0.753. The maximum absolute atomic E-state index is 12.6. The highest BCUT2D eigenvalue weighted by molar-refractivity contribution is 7.89. The summed E-state index contributed by atoms with van der Waals surface area (Å²) in [5.74, 6) is 0.232. The van der Waals surface area contributed by atoms with Crippen molar-refractivity contribution in [2.24, 2.45) is 0 Å². The van der Waals surface area contributed by atoms with E-state index in [0.717, 1.165) is 0 Å². The number of amides is 1. The number of thiophene rings is 1. The molecule has 0 radical (unpaired) electrons. The molecule has 3 N–H and O–H groups in total. The van der Waals surface area contributed by atoms with Gasteiger partial charge in [0.25, 0.3) is 0 Å². The van der Waals surface area contributed by atoms with Crippen molar-refractivity contribution in [1.29, 1.82) is 0 Å². The Labute approximate surface area is 165 Å². The van der Waals surface area contributed by atoms with Gasteiger partial charge in [-0.25, -0.2) is 17.9 Å². The average molecular weight is 422 g/mol. The van der Waals surface area contributed by atoms with Crippen LogP contribution in [-0.4, -0.2) is 33.3 Å². The van der Waals surface area contributed by atoms with Crippen LogP contribution in [0.3, 0.4) is 0 Å². The molecule has 2 heterocycles. The minimum atomic E-state index is -3.92. The van der Waals surface area contributed by atoms with E-state index < -0.39 is 21.7 Å². The Hall–Kier alpha value is -2.66. The van der Waals surface area contributed by atoms with E-state index in [-0.39, 0.29) is 17.2 Å². The smallest absolute Gasteiger partial charge is 0.411 e. The molecule has 1 atom stereocenters. The van der Waals surface area contributed by atoms with Crippen LogP contribution >= 0.6 is 11.3 Å². The van der Waals surface area contributed by atoms with Crippen molar-refractivity contribution < 1.29 is 27.5 Å². The number of hydrogen-bond acceptors (Lipinski definition) is 7. The Morgan fingerprint density at radius 1 is 1.21 bits per heavy atom. The summed E-state index contributed by atoms with van der Waals surface area (Å²) in [6, 6.07) is 12.2. The van der Waals surface area contributed by atoms with E-state index in [0.29, 0.717) is 10.6 Å². The van der Waals surface area contributed by atoms with E-state index in [4.69, 9.17) is 4.42 Å². The molecule has 0 aliphatic heterocycles. The Bertz CT molecular complexity index is 978. The first-order valence-corrected chi connectivity index (χ1v) is 10.5. The van der Waals surface area contributed by atoms with Gasteiger partial charge in [0.2, 0.25) is 10.0 Å². The standard InChI is InChI=1S/C18H18N2O6S2/c1-25-17(21)20-13-6-8-14(9-7-13)28(23,24)19-12-18(22,15-4-2-10-26-15)16-5-3-11-27-16/h2-11,19,22H,12H2,1H3,(H,20,21). The molecule has 3 aromatic rings. The van der Waals surface area contributed by atoms with Gasteiger partial charge in [0, 0.05) is 10.6 Å². The number of methoxy groups -OCH3 is 1. The van der Waals surface area contributed by atoms with Crippen LogP contribution in [-0.2, 0) is 20.4 Å². The molecular formula is C18H18N2O6S2. The van der Waals surface area contributed by atoms with Crippen molar-refractivity contribution in [1.82, 2.24) is 4.72 Å². The SMILES string of the molecule is COC(=O)Nc1ccc(S(=O)(=O)NCC(O)(c2ccco2)c2cccs2)cc1. The third-order valence-corrected chi connectivity index (χ3v) is 6.41. The third-order valence-electron chi connectivity index (χ3n) is 3.97. The molecule has 28 heavy (non-hydrogen) atoms. The molecule has 1 unspecified atom stereocenters. The molecule has 1 amide bonds. The summed E-state index contributed by atoms with van der Waals surface area (Å²) in [7, 11) is -2.69. The number of carbonyl (C=O) groups excluding carboxylic acids is 1. The molecule has 0 aliphatic carbocycles. The second-order valence-electron chi connectivity index (χ2n) is 5.78. The van der Waals surface area contributed by atoms with Crippen molar-refractivity contribution in [3.05, 3.63) is 70.8 Å². The van der Waals surface area contributed by atoms with E-state index in [1.54, 1.807) is 29.6 Å². The Morgan fingerprint density at radius 3 is 2.54 bits per heavy atom. The molecule has 0 fully saturated rings. The van der Waals surface area contributed by atoms with Crippen LogP contribution < -0.4 is 10.0 Å². The van der Waals surface area contributed by atoms with E-state index in [1.165, 1.54) is 49.0 Å². The number of benzene rings is 1. The number of furan rings is 1. The first-order chi connectivity index (χ1) is 13.3.